The van der Waals surface area contributed by atoms with Crippen molar-refractivity contribution in [1.82, 2.24) is 4.57 Å². The summed E-state index contributed by atoms with van der Waals surface area (Å²) in [7, 11) is -4.34. The molecule has 0 fully saturated rings. The van der Waals surface area contributed by atoms with E-state index in [9.17, 15) is 18.1 Å². The highest BCUT2D eigenvalue weighted by atomic mass is 32.2. The lowest BCUT2D eigenvalue weighted by atomic mass is 9.94. The SMILES string of the molecule is Cc1ccc(S(=O)(=O)O)cc1C[C@H](O)[C@H](c1ccccc1)n1ccc2cc(CCc3ccccc3)ccc21. The molecule has 194 valence electrons. The predicted octanol–water partition coefficient (Wildman–Crippen LogP) is 6.17. The standard InChI is InChI=1S/C32H31NO4S/c1-23-12-16-29(38(35,36)37)21-28(23)22-31(34)32(26-10-6-3-7-11-26)33-19-18-27-20-25(15-17-30(27)33)14-13-24-8-4-2-5-9-24/h2-12,15-21,31-32,34H,13-14,22H2,1H3,(H,35,36,37)/t31-,32-/m0/s1. The number of aryl methyl sites for hydroxylation is 3. The largest absolute Gasteiger partial charge is 0.390 e. The Morgan fingerprint density at radius 1 is 0.789 bits per heavy atom. The van der Waals surface area contributed by atoms with Gasteiger partial charge in [-0.3, -0.25) is 4.55 Å². The zero-order valence-electron chi connectivity index (χ0n) is 21.2. The van der Waals surface area contributed by atoms with Crippen molar-refractivity contribution in [2.24, 2.45) is 0 Å². The van der Waals surface area contributed by atoms with Crippen LogP contribution in [0.3, 0.4) is 0 Å². The van der Waals surface area contributed by atoms with E-state index in [1.54, 1.807) is 6.07 Å². The second-order valence-electron chi connectivity index (χ2n) is 9.79. The maximum absolute atomic E-state index is 11.7. The molecule has 6 heteroatoms. The van der Waals surface area contributed by atoms with Crippen LogP contribution in [0.5, 0.6) is 0 Å². The number of nitrogens with zero attached hydrogens (tertiary/aromatic N) is 1. The molecule has 0 saturated heterocycles. The molecule has 2 N–H and O–H groups in total. The highest BCUT2D eigenvalue weighted by Gasteiger charge is 2.25. The fraction of sp³-hybridized carbons (Fsp3) is 0.188. The van der Waals surface area contributed by atoms with Gasteiger partial charge in [-0.1, -0.05) is 72.8 Å². The van der Waals surface area contributed by atoms with Gasteiger partial charge in [-0.05, 0) is 83.3 Å². The van der Waals surface area contributed by atoms with Crippen LogP contribution in [0.2, 0.25) is 0 Å². The molecule has 38 heavy (non-hydrogen) atoms. The number of fused-ring (bicyclic) bond motifs is 1. The van der Waals surface area contributed by atoms with Crippen LogP contribution < -0.4 is 0 Å². The second kappa shape index (κ2) is 11.0. The predicted molar refractivity (Wildman–Crippen MR) is 151 cm³/mol. The van der Waals surface area contributed by atoms with E-state index in [-0.39, 0.29) is 11.3 Å². The lowest BCUT2D eigenvalue weighted by molar-refractivity contribution is 0.132. The van der Waals surface area contributed by atoms with E-state index in [0.717, 1.165) is 34.9 Å². The number of hydrogen-bond acceptors (Lipinski definition) is 3. The maximum atomic E-state index is 11.7. The molecular formula is C32H31NO4S. The third-order valence-corrected chi connectivity index (χ3v) is 8.03. The van der Waals surface area contributed by atoms with Gasteiger partial charge in [0.15, 0.2) is 0 Å². The first-order valence-electron chi connectivity index (χ1n) is 12.7. The average Bonchev–Trinajstić information content (AvgIpc) is 3.32. The number of rotatable bonds is 9. The molecule has 4 aromatic carbocycles. The molecule has 2 atom stereocenters. The number of aromatic nitrogens is 1. The van der Waals surface area contributed by atoms with Gasteiger partial charge in [-0.2, -0.15) is 8.42 Å². The van der Waals surface area contributed by atoms with Crippen LogP contribution >= 0.6 is 0 Å². The summed E-state index contributed by atoms with van der Waals surface area (Å²) < 4.78 is 35.0. The van der Waals surface area contributed by atoms with E-state index in [4.69, 9.17) is 0 Å². The normalized spacial score (nSPS) is 13.4. The fourth-order valence-corrected chi connectivity index (χ4v) is 5.66. The van der Waals surface area contributed by atoms with Gasteiger partial charge >= 0.3 is 0 Å². The van der Waals surface area contributed by atoms with E-state index in [1.165, 1.54) is 23.3 Å². The molecule has 0 aliphatic rings. The molecule has 0 aliphatic carbocycles. The van der Waals surface area contributed by atoms with E-state index in [1.807, 2.05) is 49.5 Å². The van der Waals surface area contributed by atoms with Gasteiger partial charge in [0.05, 0.1) is 17.0 Å². The Morgan fingerprint density at radius 2 is 1.47 bits per heavy atom. The number of aliphatic hydroxyl groups is 1. The lowest BCUT2D eigenvalue weighted by Crippen LogP contribution is -2.27. The smallest absolute Gasteiger partial charge is 0.294 e. The zero-order valence-corrected chi connectivity index (χ0v) is 22.1. The Kier molecular flexibility index (Phi) is 7.47. The summed E-state index contributed by atoms with van der Waals surface area (Å²) in [5.74, 6) is 0. The van der Waals surface area contributed by atoms with Crippen LogP contribution in [0.4, 0.5) is 0 Å². The zero-order chi connectivity index (χ0) is 26.7. The summed E-state index contributed by atoms with van der Waals surface area (Å²) in [4.78, 5) is -0.170. The molecule has 0 spiro atoms. The van der Waals surface area contributed by atoms with Crippen molar-refractivity contribution in [3.63, 3.8) is 0 Å². The third-order valence-electron chi connectivity index (χ3n) is 7.18. The van der Waals surface area contributed by atoms with Gasteiger partial charge in [-0.15, -0.1) is 0 Å². The van der Waals surface area contributed by atoms with Crippen molar-refractivity contribution in [1.29, 1.82) is 0 Å². The highest BCUT2D eigenvalue weighted by molar-refractivity contribution is 7.85. The Morgan fingerprint density at radius 3 is 2.18 bits per heavy atom. The van der Waals surface area contributed by atoms with E-state index < -0.39 is 22.3 Å². The highest BCUT2D eigenvalue weighted by Crippen LogP contribution is 2.31. The summed E-state index contributed by atoms with van der Waals surface area (Å²) in [6.07, 6.45) is 3.30. The number of aliphatic hydroxyl groups excluding tert-OH is 1. The van der Waals surface area contributed by atoms with Crippen LogP contribution in [-0.4, -0.2) is 28.7 Å². The molecule has 5 aromatic rings. The molecule has 1 aromatic heterocycles. The van der Waals surface area contributed by atoms with Crippen molar-refractivity contribution in [3.8, 4) is 0 Å². The van der Waals surface area contributed by atoms with Crippen LogP contribution in [0.25, 0.3) is 10.9 Å². The molecule has 0 unspecified atom stereocenters. The summed E-state index contributed by atoms with van der Waals surface area (Å²) in [5, 5.41) is 12.7. The van der Waals surface area contributed by atoms with Gasteiger partial charge in [0.2, 0.25) is 0 Å². The van der Waals surface area contributed by atoms with Crippen LogP contribution in [0.1, 0.15) is 33.9 Å². The van der Waals surface area contributed by atoms with Gasteiger partial charge < -0.3 is 9.67 Å². The first-order chi connectivity index (χ1) is 18.3. The van der Waals surface area contributed by atoms with Crippen molar-refractivity contribution >= 4 is 21.0 Å². The molecule has 5 rings (SSSR count). The summed E-state index contributed by atoms with van der Waals surface area (Å²) in [5.41, 5.74) is 6.07. The minimum absolute atomic E-state index is 0.170. The Bertz CT molecular complexity index is 1640. The second-order valence-corrected chi connectivity index (χ2v) is 11.2. The van der Waals surface area contributed by atoms with Crippen molar-refractivity contribution < 1.29 is 18.1 Å². The minimum atomic E-state index is -4.34. The number of hydrogen-bond donors (Lipinski definition) is 2. The van der Waals surface area contributed by atoms with Gasteiger partial charge in [-0.25, -0.2) is 0 Å². The molecule has 5 nitrogen and oxygen atoms in total. The quantitative estimate of drug-likeness (QED) is 0.225. The Hall–Kier alpha value is -3.71. The molecule has 0 amide bonds. The maximum Gasteiger partial charge on any atom is 0.294 e. The Labute approximate surface area is 223 Å². The summed E-state index contributed by atoms with van der Waals surface area (Å²) in [6.45, 7) is 1.87. The fourth-order valence-electron chi connectivity index (χ4n) is 5.13. The first-order valence-corrected chi connectivity index (χ1v) is 14.2. The van der Waals surface area contributed by atoms with Crippen molar-refractivity contribution in [3.05, 3.63) is 137 Å². The van der Waals surface area contributed by atoms with E-state index in [2.05, 4.69) is 53.1 Å². The van der Waals surface area contributed by atoms with Crippen molar-refractivity contribution in [2.75, 3.05) is 0 Å². The summed E-state index contributed by atoms with van der Waals surface area (Å²) in [6, 6.07) is 32.9. The lowest BCUT2D eigenvalue weighted by Gasteiger charge is -2.27. The molecule has 0 saturated carbocycles. The minimum Gasteiger partial charge on any atom is -0.390 e. The van der Waals surface area contributed by atoms with Gasteiger partial charge in [0.1, 0.15) is 0 Å². The molecular weight excluding hydrogens is 494 g/mol. The molecule has 0 aliphatic heterocycles. The van der Waals surface area contributed by atoms with Gasteiger partial charge in [0.25, 0.3) is 10.1 Å². The van der Waals surface area contributed by atoms with Crippen LogP contribution in [0.15, 0.2) is 114 Å². The molecule has 0 bridgehead atoms. The van der Waals surface area contributed by atoms with Gasteiger partial charge in [0, 0.05) is 18.1 Å². The molecule has 0 radical (unpaired) electrons. The topological polar surface area (TPSA) is 79.5 Å². The third kappa shape index (κ3) is 5.73. The summed E-state index contributed by atoms with van der Waals surface area (Å²) >= 11 is 0. The Balaban J connectivity index is 1.47. The monoisotopic (exact) mass is 525 g/mol. The number of benzene rings is 4. The van der Waals surface area contributed by atoms with Crippen LogP contribution in [0, 0.1) is 6.92 Å². The van der Waals surface area contributed by atoms with Crippen LogP contribution in [-0.2, 0) is 29.4 Å². The molecule has 1 heterocycles. The first kappa shape index (κ1) is 25.9. The van der Waals surface area contributed by atoms with E-state index in [0.29, 0.717) is 5.56 Å². The average molecular weight is 526 g/mol. The van der Waals surface area contributed by atoms with Crippen molar-refractivity contribution in [2.45, 2.75) is 43.2 Å². The van der Waals surface area contributed by atoms with E-state index >= 15 is 0 Å².